The number of carboxylic acid groups (broad SMARTS) is 1. The largest absolute Gasteiger partial charge is 0.480 e. The van der Waals surface area contributed by atoms with Crippen LogP contribution >= 0.6 is 0 Å². The van der Waals surface area contributed by atoms with Crippen LogP contribution in [-0.4, -0.2) is 34.4 Å². The summed E-state index contributed by atoms with van der Waals surface area (Å²) in [5, 5.41) is 22.2. The third kappa shape index (κ3) is 6.94. The lowest BCUT2D eigenvalue weighted by atomic mass is 10.0. The van der Waals surface area contributed by atoms with E-state index in [2.05, 4.69) is 17.2 Å². The number of nitrogens with one attached hydrogen (secondary N) is 1. The van der Waals surface area contributed by atoms with Crippen molar-refractivity contribution >= 4 is 5.97 Å². The number of carbonyl (C=O) groups is 1. The van der Waals surface area contributed by atoms with Crippen LogP contribution in [0.15, 0.2) is 30.3 Å². The van der Waals surface area contributed by atoms with Crippen LogP contribution in [0.3, 0.4) is 0 Å². The van der Waals surface area contributed by atoms with Crippen LogP contribution in [0.2, 0.25) is 0 Å². The Balaban J connectivity index is 2.63. The van der Waals surface area contributed by atoms with Crippen LogP contribution in [-0.2, 0) is 4.79 Å². The Morgan fingerprint density at radius 3 is 2.48 bits per heavy atom. The highest BCUT2D eigenvalue weighted by molar-refractivity contribution is 5.73. The fourth-order valence-electron chi connectivity index (χ4n) is 1.84. The van der Waals surface area contributed by atoms with E-state index in [0.717, 1.165) is 5.56 Å². The Morgan fingerprint density at radius 2 is 1.95 bits per heavy atom. The van der Waals surface area contributed by atoms with Gasteiger partial charge in [0.1, 0.15) is 11.6 Å². The van der Waals surface area contributed by atoms with Crippen molar-refractivity contribution in [1.29, 1.82) is 0 Å². The number of hydrogen-bond donors (Lipinski definition) is 3. The predicted molar refractivity (Wildman–Crippen MR) is 82.8 cm³/mol. The zero-order valence-electron chi connectivity index (χ0n) is 12.8. The number of aliphatic hydroxyl groups is 1. The molecule has 0 radical (unpaired) electrons. The first kappa shape index (κ1) is 17.2. The summed E-state index contributed by atoms with van der Waals surface area (Å²) >= 11 is 0. The van der Waals surface area contributed by atoms with Crippen LogP contribution in [0.1, 0.15) is 32.8 Å². The first-order valence-electron chi connectivity index (χ1n) is 7.07. The van der Waals surface area contributed by atoms with Gasteiger partial charge in [-0.25, -0.2) is 0 Å². The standard InChI is InChI=1S/C17H23NO3/c1-13(2)11-15(16(19)20)18-12-17(3,21)10-9-14-7-5-4-6-8-14/h4-8,13,15,18,21H,11-12H2,1-3H3,(H,19,20)/t15-,17+/m1/s1. The zero-order valence-corrected chi connectivity index (χ0v) is 12.8. The summed E-state index contributed by atoms with van der Waals surface area (Å²) in [6, 6.07) is 8.69. The van der Waals surface area contributed by atoms with Gasteiger partial charge in [-0.2, -0.15) is 0 Å². The zero-order chi connectivity index (χ0) is 15.9. The summed E-state index contributed by atoms with van der Waals surface area (Å²) in [6.07, 6.45) is 0.511. The van der Waals surface area contributed by atoms with E-state index in [1.165, 1.54) is 0 Å². The van der Waals surface area contributed by atoms with E-state index in [4.69, 9.17) is 5.11 Å². The average molecular weight is 289 g/mol. The topological polar surface area (TPSA) is 69.6 Å². The second-order valence-corrected chi connectivity index (χ2v) is 5.79. The van der Waals surface area contributed by atoms with Gasteiger partial charge >= 0.3 is 5.97 Å². The summed E-state index contributed by atoms with van der Waals surface area (Å²) in [7, 11) is 0. The SMILES string of the molecule is CC(C)C[C@@H](NC[C@@](C)(O)C#Cc1ccccc1)C(=O)O. The first-order valence-corrected chi connectivity index (χ1v) is 7.07. The molecule has 4 heteroatoms. The van der Waals surface area contributed by atoms with Crippen molar-refractivity contribution in [3.8, 4) is 11.8 Å². The molecule has 0 fully saturated rings. The van der Waals surface area contributed by atoms with Gasteiger partial charge in [-0.3, -0.25) is 4.79 Å². The molecule has 0 aromatic heterocycles. The molecular formula is C17H23NO3. The van der Waals surface area contributed by atoms with Gasteiger partial charge in [0.05, 0.1) is 0 Å². The molecule has 0 spiro atoms. The molecule has 0 aliphatic carbocycles. The second kappa shape index (κ2) is 7.82. The molecule has 0 aliphatic heterocycles. The molecule has 0 saturated carbocycles. The minimum Gasteiger partial charge on any atom is -0.480 e. The Bertz CT molecular complexity index is 512. The minimum absolute atomic E-state index is 0.108. The van der Waals surface area contributed by atoms with Crippen molar-refractivity contribution in [3.05, 3.63) is 35.9 Å². The smallest absolute Gasteiger partial charge is 0.320 e. The lowest BCUT2D eigenvalue weighted by Crippen LogP contribution is -2.45. The van der Waals surface area contributed by atoms with E-state index in [9.17, 15) is 9.90 Å². The molecule has 1 aromatic rings. The van der Waals surface area contributed by atoms with Gasteiger partial charge in [0.2, 0.25) is 0 Å². The fraction of sp³-hybridized carbons (Fsp3) is 0.471. The Morgan fingerprint density at radius 1 is 1.33 bits per heavy atom. The molecule has 2 atom stereocenters. The van der Waals surface area contributed by atoms with Crippen molar-refractivity contribution in [1.82, 2.24) is 5.32 Å². The van der Waals surface area contributed by atoms with E-state index < -0.39 is 17.6 Å². The molecule has 0 aliphatic rings. The molecule has 1 rings (SSSR count). The lowest BCUT2D eigenvalue weighted by molar-refractivity contribution is -0.140. The van der Waals surface area contributed by atoms with Crippen LogP contribution in [0.25, 0.3) is 0 Å². The predicted octanol–water partition coefficient (Wildman–Crippen LogP) is 1.88. The van der Waals surface area contributed by atoms with Crippen LogP contribution in [0.5, 0.6) is 0 Å². The van der Waals surface area contributed by atoms with Gasteiger partial charge < -0.3 is 15.5 Å². The third-order valence-electron chi connectivity index (χ3n) is 2.95. The van der Waals surface area contributed by atoms with Gasteiger partial charge in [0.15, 0.2) is 0 Å². The van der Waals surface area contributed by atoms with Crippen molar-refractivity contribution in [2.75, 3.05) is 6.54 Å². The van der Waals surface area contributed by atoms with Crippen molar-refractivity contribution in [3.63, 3.8) is 0 Å². The minimum atomic E-state index is -1.28. The summed E-state index contributed by atoms with van der Waals surface area (Å²) in [6.45, 7) is 5.61. The molecule has 114 valence electrons. The average Bonchev–Trinajstić information content (AvgIpc) is 2.42. The molecule has 4 nitrogen and oxygen atoms in total. The Kier molecular flexibility index (Phi) is 6.41. The quantitative estimate of drug-likeness (QED) is 0.699. The number of benzene rings is 1. The number of rotatable bonds is 6. The maximum absolute atomic E-state index is 11.2. The molecular weight excluding hydrogens is 266 g/mol. The van der Waals surface area contributed by atoms with E-state index in [1.54, 1.807) is 6.92 Å². The maximum atomic E-state index is 11.2. The molecule has 0 heterocycles. The molecule has 21 heavy (non-hydrogen) atoms. The molecule has 1 aromatic carbocycles. The summed E-state index contributed by atoms with van der Waals surface area (Å²) in [5.41, 5.74) is -0.463. The highest BCUT2D eigenvalue weighted by atomic mass is 16.4. The highest BCUT2D eigenvalue weighted by Crippen LogP contribution is 2.07. The normalized spacial score (nSPS) is 14.9. The van der Waals surface area contributed by atoms with Gasteiger partial charge in [-0.1, -0.05) is 43.9 Å². The molecule has 0 unspecified atom stereocenters. The fourth-order valence-corrected chi connectivity index (χ4v) is 1.84. The first-order chi connectivity index (χ1) is 9.80. The summed E-state index contributed by atoms with van der Waals surface area (Å²) < 4.78 is 0. The third-order valence-corrected chi connectivity index (χ3v) is 2.95. The van der Waals surface area contributed by atoms with Crippen LogP contribution in [0, 0.1) is 17.8 Å². The van der Waals surface area contributed by atoms with Crippen molar-refractivity contribution in [2.24, 2.45) is 5.92 Å². The molecule has 0 bridgehead atoms. The summed E-state index contributed by atoms with van der Waals surface area (Å²) in [4.78, 5) is 11.2. The number of hydrogen-bond acceptors (Lipinski definition) is 3. The van der Waals surface area contributed by atoms with E-state index in [1.807, 2.05) is 44.2 Å². The molecule has 0 amide bonds. The highest BCUT2D eigenvalue weighted by Gasteiger charge is 2.23. The molecule has 0 saturated heterocycles. The van der Waals surface area contributed by atoms with E-state index in [0.29, 0.717) is 6.42 Å². The monoisotopic (exact) mass is 289 g/mol. The Hall–Kier alpha value is -1.83. The van der Waals surface area contributed by atoms with Crippen molar-refractivity contribution < 1.29 is 15.0 Å². The van der Waals surface area contributed by atoms with Crippen LogP contribution in [0.4, 0.5) is 0 Å². The van der Waals surface area contributed by atoms with Gasteiger partial charge in [-0.15, -0.1) is 0 Å². The summed E-state index contributed by atoms with van der Waals surface area (Å²) in [5.74, 6) is 5.02. The number of aliphatic carboxylic acids is 1. The molecule has 3 N–H and O–H groups in total. The lowest BCUT2D eigenvalue weighted by Gasteiger charge is -2.22. The van der Waals surface area contributed by atoms with Gasteiger partial charge in [0, 0.05) is 12.1 Å². The van der Waals surface area contributed by atoms with Crippen molar-refractivity contribution in [2.45, 2.75) is 38.8 Å². The Labute approximate surface area is 126 Å². The van der Waals surface area contributed by atoms with Gasteiger partial charge in [0.25, 0.3) is 0 Å². The van der Waals surface area contributed by atoms with E-state index in [-0.39, 0.29) is 12.5 Å². The number of carboxylic acids is 1. The van der Waals surface area contributed by atoms with E-state index >= 15 is 0 Å². The van der Waals surface area contributed by atoms with Gasteiger partial charge in [-0.05, 0) is 31.4 Å². The maximum Gasteiger partial charge on any atom is 0.320 e. The van der Waals surface area contributed by atoms with Crippen LogP contribution < -0.4 is 5.32 Å². The second-order valence-electron chi connectivity index (χ2n) is 5.79.